The van der Waals surface area contributed by atoms with Gasteiger partial charge >= 0.3 is 0 Å². The maximum absolute atomic E-state index is 4.64. The van der Waals surface area contributed by atoms with Gasteiger partial charge in [0.1, 0.15) is 5.82 Å². The molecule has 1 aromatic heterocycles. The zero-order valence-electron chi connectivity index (χ0n) is 13.3. The minimum atomic E-state index is 0.627. The fourth-order valence-corrected chi connectivity index (χ4v) is 2.93. The zero-order valence-corrected chi connectivity index (χ0v) is 13.3. The van der Waals surface area contributed by atoms with Crippen LogP contribution < -0.4 is 10.2 Å². The molecule has 0 aliphatic carbocycles. The van der Waals surface area contributed by atoms with Crippen LogP contribution in [0, 0.1) is 5.92 Å². The number of nitrogens with one attached hydrogen (secondary N) is 1. The number of aromatic nitrogens is 1. The molecular weight excluding hydrogens is 248 g/mol. The summed E-state index contributed by atoms with van der Waals surface area (Å²) in [6.45, 7) is 8.67. The molecule has 1 aromatic rings. The van der Waals surface area contributed by atoms with E-state index in [9.17, 15) is 0 Å². The van der Waals surface area contributed by atoms with E-state index in [4.69, 9.17) is 0 Å². The van der Waals surface area contributed by atoms with Crippen LogP contribution in [0.5, 0.6) is 0 Å². The van der Waals surface area contributed by atoms with Crippen LogP contribution >= 0.6 is 0 Å². The summed E-state index contributed by atoms with van der Waals surface area (Å²) < 4.78 is 0. The molecule has 4 heteroatoms. The number of anilines is 1. The van der Waals surface area contributed by atoms with Gasteiger partial charge in [0.05, 0.1) is 0 Å². The second-order valence-corrected chi connectivity index (χ2v) is 6.11. The van der Waals surface area contributed by atoms with Crippen molar-refractivity contribution in [3.05, 3.63) is 23.9 Å². The summed E-state index contributed by atoms with van der Waals surface area (Å²) in [5.41, 5.74) is 1.26. The summed E-state index contributed by atoms with van der Waals surface area (Å²) in [5.74, 6) is 1.80. The monoisotopic (exact) mass is 276 g/mol. The third-order valence-electron chi connectivity index (χ3n) is 4.12. The lowest BCUT2D eigenvalue weighted by atomic mass is 10.1. The Morgan fingerprint density at radius 2 is 2.15 bits per heavy atom. The SMILES string of the molecule is CCCNCc1ccc(N2CC(C)C(N(C)C)C2)nc1. The minimum absolute atomic E-state index is 0.627. The van der Waals surface area contributed by atoms with Crippen molar-refractivity contribution in [1.29, 1.82) is 0 Å². The molecule has 0 bridgehead atoms. The van der Waals surface area contributed by atoms with Gasteiger partial charge in [-0.1, -0.05) is 19.9 Å². The Hall–Kier alpha value is -1.13. The minimum Gasteiger partial charge on any atom is -0.355 e. The van der Waals surface area contributed by atoms with Gasteiger partial charge in [0.15, 0.2) is 0 Å². The predicted molar refractivity (Wildman–Crippen MR) is 85.1 cm³/mol. The van der Waals surface area contributed by atoms with Gasteiger partial charge in [-0.15, -0.1) is 0 Å². The molecule has 0 saturated carbocycles. The number of rotatable bonds is 6. The van der Waals surface area contributed by atoms with Gasteiger partial charge in [0, 0.05) is 31.9 Å². The van der Waals surface area contributed by atoms with Crippen LogP contribution in [0.2, 0.25) is 0 Å². The molecule has 2 unspecified atom stereocenters. The number of pyridine rings is 1. The fourth-order valence-electron chi connectivity index (χ4n) is 2.93. The highest BCUT2D eigenvalue weighted by Gasteiger charge is 2.31. The van der Waals surface area contributed by atoms with Gasteiger partial charge in [0.25, 0.3) is 0 Å². The van der Waals surface area contributed by atoms with Crippen molar-refractivity contribution in [2.45, 2.75) is 32.9 Å². The van der Waals surface area contributed by atoms with E-state index in [-0.39, 0.29) is 0 Å². The zero-order chi connectivity index (χ0) is 14.5. The second-order valence-electron chi connectivity index (χ2n) is 6.11. The molecule has 0 amide bonds. The molecule has 1 fully saturated rings. The van der Waals surface area contributed by atoms with Crippen molar-refractivity contribution in [2.24, 2.45) is 5.92 Å². The van der Waals surface area contributed by atoms with E-state index < -0.39 is 0 Å². The second kappa shape index (κ2) is 7.04. The molecule has 4 nitrogen and oxygen atoms in total. The van der Waals surface area contributed by atoms with Crippen LogP contribution in [0.4, 0.5) is 5.82 Å². The van der Waals surface area contributed by atoms with Crippen molar-refractivity contribution in [3.63, 3.8) is 0 Å². The van der Waals surface area contributed by atoms with Crippen LogP contribution in [0.1, 0.15) is 25.8 Å². The Kier molecular flexibility index (Phi) is 5.38. The molecule has 1 aliphatic heterocycles. The normalized spacial score (nSPS) is 22.8. The third kappa shape index (κ3) is 3.70. The maximum Gasteiger partial charge on any atom is 0.128 e. The topological polar surface area (TPSA) is 31.4 Å². The maximum atomic E-state index is 4.64. The number of hydrogen-bond acceptors (Lipinski definition) is 4. The molecule has 0 aromatic carbocycles. The van der Waals surface area contributed by atoms with Crippen LogP contribution in [0.15, 0.2) is 18.3 Å². The average Bonchev–Trinajstić information content (AvgIpc) is 2.82. The Morgan fingerprint density at radius 1 is 1.35 bits per heavy atom. The van der Waals surface area contributed by atoms with Crippen LogP contribution in [0.3, 0.4) is 0 Å². The van der Waals surface area contributed by atoms with Gasteiger partial charge in [-0.05, 0) is 44.6 Å². The summed E-state index contributed by atoms with van der Waals surface area (Å²) in [6.07, 6.45) is 3.18. The average molecular weight is 276 g/mol. The summed E-state index contributed by atoms with van der Waals surface area (Å²) in [5, 5.41) is 3.41. The van der Waals surface area contributed by atoms with Gasteiger partial charge < -0.3 is 15.1 Å². The Morgan fingerprint density at radius 3 is 2.70 bits per heavy atom. The molecule has 1 saturated heterocycles. The Balaban J connectivity index is 1.93. The van der Waals surface area contributed by atoms with Gasteiger partial charge in [-0.3, -0.25) is 0 Å². The number of likely N-dealkylation sites (N-methyl/N-ethyl adjacent to an activating group) is 1. The first-order chi connectivity index (χ1) is 9.61. The smallest absolute Gasteiger partial charge is 0.128 e. The lowest BCUT2D eigenvalue weighted by Crippen LogP contribution is -2.34. The first kappa shape index (κ1) is 15.3. The van der Waals surface area contributed by atoms with E-state index in [1.165, 1.54) is 12.0 Å². The largest absolute Gasteiger partial charge is 0.355 e. The predicted octanol–water partition coefficient (Wildman–Crippen LogP) is 1.97. The lowest BCUT2D eigenvalue weighted by molar-refractivity contribution is 0.266. The van der Waals surface area contributed by atoms with Crippen molar-refractivity contribution < 1.29 is 0 Å². The van der Waals surface area contributed by atoms with E-state index in [1.54, 1.807) is 0 Å². The highest BCUT2D eigenvalue weighted by atomic mass is 15.3. The summed E-state index contributed by atoms with van der Waals surface area (Å²) in [6, 6.07) is 4.98. The highest BCUT2D eigenvalue weighted by Crippen LogP contribution is 2.24. The van der Waals surface area contributed by atoms with E-state index in [0.29, 0.717) is 12.0 Å². The third-order valence-corrected chi connectivity index (χ3v) is 4.12. The highest BCUT2D eigenvalue weighted by molar-refractivity contribution is 5.41. The molecule has 2 rings (SSSR count). The lowest BCUT2D eigenvalue weighted by Gasteiger charge is -2.22. The Labute approximate surface area is 123 Å². The number of nitrogens with zero attached hydrogens (tertiary/aromatic N) is 3. The summed E-state index contributed by atoms with van der Waals surface area (Å²) in [7, 11) is 4.33. The van der Waals surface area contributed by atoms with Crippen molar-refractivity contribution >= 4 is 5.82 Å². The molecule has 1 N–H and O–H groups in total. The Bertz CT molecular complexity index is 401. The van der Waals surface area contributed by atoms with Crippen molar-refractivity contribution in [3.8, 4) is 0 Å². The van der Waals surface area contributed by atoms with Crippen molar-refractivity contribution in [2.75, 3.05) is 38.6 Å². The van der Waals surface area contributed by atoms with Gasteiger partial charge in [-0.2, -0.15) is 0 Å². The standard InChI is InChI=1S/C16H28N4/c1-5-8-17-9-14-6-7-16(18-10-14)20-11-13(2)15(12-20)19(3)4/h6-7,10,13,15,17H,5,8-9,11-12H2,1-4H3. The molecule has 2 heterocycles. The van der Waals surface area contributed by atoms with Crippen LogP contribution in [-0.2, 0) is 6.54 Å². The van der Waals surface area contributed by atoms with E-state index in [1.807, 2.05) is 6.20 Å². The van der Waals surface area contributed by atoms with E-state index in [2.05, 4.69) is 60.2 Å². The molecule has 0 spiro atoms. The van der Waals surface area contributed by atoms with Gasteiger partial charge in [0.2, 0.25) is 0 Å². The van der Waals surface area contributed by atoms with Crippen LogP contribution in [0.25, 0.3) is 0 Å². The molecule has 1 aliphatic rings. The molecule has 0 radical (unpaired) electrons. The van der Waals surface area contributed by atoms with Gasteiger partial charge in [-0.25, -0.2) is 4.98 Å². The first-order valence-corrected chi connectivity index (χ1v) is 7.68. The summed E-state index contributed by atoms with van der Waals surface area (Å²) in [4.78, 5) is 9.36. The molecule has 2 atom stereocenters. The fraction of sp³-hybridized carbons (Fsp3) is 0.688. The van der Waals surface area contributed by atoms with Crippen molar-refractivity contribution in [1.82, 2.24) is 15.2 Å². The van der Waals surface area contributed by atoms with E-state index in [0.717, 1.165) is 32.0 Å². The summed E-state index contributed by atoms with van der Waals surface area (Å²) >= 11 is 0. The number of hydrogen-bond donors (Lipinski definition) is 1. The van der Waals surface area contributed by atoms with Crippen LogP contribution in [-0.4, -0.2) is 49.7 Å². The molecule has 112 valence electrons. The first-order valence-electron chi connectivity index (χ1n) is 7.68. The molecular formula is C16H28N4. The molecule has 20 heavy (non-hydrogen) atoms. The quantitative estimate of drug-likeness (QED) is 0.805. The van der Waals surface area contributed by atoms with E-state index >= 15 is 0 Å².